The molecular formula is C15H18F3N5O. The van der Waals surface area contributed by atoms with Gasteiger partial charge < -0.3 is 4.90 Å². The Kier molecular flexibility index (Phi) is 5.55. The van der Waals surface area contributed by atoms with Crippen LogP contribution in [0.1, 0.15) is 11.1 Å². The molecule has 0 saturated carbocycles. The van der Waals surface area contributed by atoms with Crippen molar-refractivity contribution in [1.29, 1.82) is 0 Å². The summed E-state index contributed by atoms with van der Waals surface area (Å²) < 4.78 is 40.3. The molecule has 0 spiro atoms. The first-order valence-electron chi connectivity index (χ1n) is 7.25. The zero-order chi connectivity index (χ0) is 17.7. The van der Waals surface area contributed by atoms with Crippen molar-refractivity contribution < 1.29 is 18.0 Å². The van der Waals surface area contributed by atoms with Gasteiger partial charge in [-0.2, -0.15) is 13.2 Å². The molecule has 0 atom stereocenters. The van der Waals surface area contributed by atoms with E-state index in [1.54, 1.807) is 4.68 Å². The van der Waals surface area contributed by atoms with E-state index in [9.17, 15) is 18.0 Å². The molecule has 1 heterocycles. The number of halogens is 3. The maximum Gasteiger partial charge on any atom is 0.416 e. The van der Waals surface area contributed by atoms with Gasteiger partial charge in [0.05, 0.1) is 18.5 Å². The molecule has 24 heavy (non-hydrogen) atoms. The number of anilines is 1. The number of hydrogen-bond donors (Lipinski definition) is 1. The fourth-order valence-corrected chi connectivity index (χ4v) is 2.05. The molecule has 1 N–H and O–H groups in total. The largest absolute Gasteiger partial charge is 0.416 e. The summed E-state index contributed by atoms with van der Waals surface area (Å²) in [6, 6.07) is 4.99. The van der Waals surface area contributed by atoms with E-state index in [4.69, 9.17) is 0 Å². The van der Waals surface area contributed by atoms with Crippen LogP contribution in [0.15, 0.2) is 30.6 Å². The molecule has 0 unspecified atom stereocenters. The first kappa shape index (κ1) is 17.9. The molecule has 1 aromatic heterocycles. The average Bonchev–Trinajstić information content (AvgIpc) is 2.92. The highest BCUT2D eigenvalue weighted by Gasteiger charge is 2.33. The Hall–Kier alpha value is -2.42. The lowest BCUT2D eigenvalue weighted by molar-refractivity contribution is -0.138. The molecule has 0 radical (unpaired) electrons. The van der Waals surface area contributed by atoms with Crippen LogP contribution in [0.4, 0.5) is 19.1 Å². The van der Waals surface area contributed by atoms with E-state index in [1.807, 2.05) is 19.0 Å². The maximum atomic E-state index is 12.9. The Balaban J connectivity index is 1.99. The minimum absolute atomic E-state index is 0.0724. The van der Waals surface area contributed by atoms with Gasteiger partial charge in [-0.15, -0.1) is 5.10 Å². The van der Waals surface area contributed by atoms with E-state index in [0.717, 1.165) is 12.6 Å². The number of amides is 1. The van der Waals surface area contributed by atoms with E-state index in [1.165, 1.54) is 24.5 Å². The normalized spacial score (nSPS) is 11.8. The summed E-state index contributed by atoms with van der Waals surface area (Å²) in [4.78, 5) is 17.9. The minimum Gasteiger partial charge on any atom is -0.308 e. The van der Waals surface area contributed by atoms with Crippen molar-refractivity contribution in [2.45, 2.75) is 19.1 Å². The summed E-state index contributed by atoms with van der Waals surface area (Å²) >= 11 is 0. The molecule has 0 aliphatic carbocycles. The lowest BCUT2D eigenvalue weighted by atomic mass is 10.0. The van der Waals surface area contributed by atoms with Gasteiger partial charge in [0.25, 0.3) is 0 Å². The molecule has 1 aromatic carbocycles. The smallest absolute Gasteiger partial charge is 0.308 e. The topological polar surface area (TPSA) is 63.1 Å². The summed E-state index contributed by atoms with van der Waals surface area (Å²) in [5, 5.41) is 6.47. The number of benzene rings is 1. The van der Waals surface area contributed by atoms with Crippen LogP contribution < -0.4 is 5.32 Å². The number of carbonyl (C=O) groups excluding carboxylic acids is 1. The highest BCUT2D eigenvalue weighted by molar-refractivity contribution is 5.90. The molecule has 2 aromatic rings. The third-order valence-electron chi connectivity index (χ3n) is 3.24. The van der Waals surface area contributed by atoms with Crippen LogP contribution in [0, 0.1) is 0 Å². The molecule has 9 heteroatoms. The number of likely N-dealkylation sites (N-methyl/N-ethyl adjacent to an activating group) is 1. The molecular weight excluding hydrogens is 323 g/mol. The van der Waals surface area contributed by atoms with Crippen molar-refractivity contribution >= 4 is 11.9 Å². The van der Waals surface area contributed by atoms with Gasteiger partial charge in [0.15, 0.2) is 0 Å². The van der Waals surface area contributed by atoms with Crippen LogP contribution in [0.5, 0.6) is 0 Å². The molecule has 0 aliphatic rings. The summed E-state index contributed by atoms with van der Waals surface area (Å²) in [6.45, 7) is 1.34. The molecule has 0 saturated heterocycles. The van der Waals surface area contributed by atoms with Crippen LogP contribution in [0.25, 0.3) is 0 Å². The highest BCUT2D eigenvalue weighted by Crippen LogP contribution is 2.32. The molecule has 0 aliphatic heterocycles. The molecule has 130 valence electrons. The number of nitrogens with zero attached hydrogens (tertiary/aromatic N) is 4. The van der Waals surface area contributed by atoms with Crippen LogP contribution in [0.3, 0.4) is 0 Å². The Morgan fingerprint density at radius 2 is 2.00 bits per heavy atom. The number of alkyl halides is 3. The predicted molar refractivity (Wildman–Crippen MR) is 82.4 cm³/mol. The first-order chi connectivity index (χ1) is 11.3. The van der Waals surface area contributed by atoms with E-state index in [2.05, 4.69) is 15.4 Å². The summed E-state index contributed by atoms with van der Waals surface area (Å²) in [5.74, 6) is -0.527. The van der Waals surface area contributed by atoms with Gasteiger partial charge in [-0.05, 0) is 25.7 Å². The number of hydrogen-bond acceptors (Lipinski definition) is 4. The summed E-state index contributed by atoms with van der Waals surface area (Å²) in [5.41, 5.74) is -0.904. The maximum absolute atomic E-state index is 12.9. The van der Waals surface area contributed by atoms with Crippen molar-refractivity contribution in [2.24, 2.45) is 0 Å². The van der Waals surface area contributed by atoms with Crippen molar-refractivity contribution in [3.63, 3.8) is 0 Å². The third-order valence-corrected chi connectivity index (χ3v) is 3.24. The van der Waals surface area contributed by atoms with Gasteiger partial charge in [0.2, 0.25) is 11.9 Å². The standard InChI is InChI=1S/C15H18F3N5O/c1-22(2)7-8-23-10-19-14(21-23)20-13(24)9-11-5-3-4-6-12(11)15(16,17)18/h3-6,10H,7-9H2,1-2H3,(H,20,21,24). The zero-order valence-electron chi connectivity index (χ0n) is 13.3. The molecule has 2 rings (SSSR count). The first-order valence-corrected chi connectivity index (χ1v) is 7.25. The molecule has 1 amide bonds. The van der Waals surface area contributed by atoms with E-state index in [-0.39, 0.29) is 11.5 Å². The molecule has 0 bridgehead atoms. The van der Waals surface area contributed by atoms with Crippen molar-refractivity contribution in [1.82, 2.24) is 19.7 Å². The predicted octanol–water partition coefficient (Wildman–Crippen LogP) is 2.04. The molecule has 0 fully saturated rings. The van der Waals surface area contributed by atoms with Crippen molar-refractivity contribution in [2.75, 3.05) is 26.0 Å². The number of rotatable bonds is 6. The van der Waals surface area contributed by atoms with Crippen LogP contribution in [-0.2, 0) is 23.9 Å². The second-order valence-corrected chi connectivity index (χ2v) is 5.51. The van der Waals surface area contributed by atoms with E-state index in [0.29, 0.717) is 6.54 Å². The van der Waals surface area contributed by atoms with Gasteiger partial charge in [0.1, 0.15) is 6.33 Å². The fourth-order valence-electron chi connectivity index (χ4n) is 2.05. The van der Waals surface area contributed by atoms with Crippen molar-refractivity contribution in [3.05, 3.63) is 41.7 Å². The summed E-state index contributed by atoms with van der Waals surface area (Å²) in [6.07, 6.45) is -3.44. The van der Waals surface area contributed by atoms with Gasteiger partial charge in [-0.25, -0.2) is 9.67 Å². The fraction of sp³-hybridized carbons (Fsp3) is 0.400. The monoisotopic (exact) mass is 341 g/mol. The Morgan fingerprint density at radius 1 is 1.29 bits per heavy atom. The van der Waals surface area contributed by atoms with Crippen LogP contribution in [0.2, 0.25) is 0 Å². The molecule has 6 nitrogen and oxygen atoms in total. The minimum atomic E-state index is -4.50. The second-order valence-electron chi connectivity index (χ2n) is 5.51. The van der Waals surface area contributed by atoms with Gasteiger partial charge in [-0.3, -0.25) is 10.1 Å². The Morgan fingerprint density at radius 3 is 2.67 bits per heavy atom. The summed E-state index contributed by atoms with van der Waals surface area (Å²) in [7, 11) is 3.83. The van der Waals surface area contributed by atoms with E-state index < -0.39 is 24.1 Å². The van der Waals surface area contributed by atoms with Crippen LogP contribution >= 0.6 is 0 Å². The average molecular weight is 341 g/mol. The second kappa shape index (κ2) is 7.43. The zero-order valence-corrected chi connectivity index (χ0v) is 13.3. The highest BCUT2D eigenvalue weighted by atomic mass is 19.4. The SMILES string of the molecule is CN(C)CCn1cnc(NC(=O)Cc2ccccc2C(F)(F)F)n1. The number of carbonyl (C=O) groups is 1. The lowest BCUT2D eigenvalue weighted by Crippen LogP contribution is -2.20. The Bertz CT molecular complexity index is 696. The quantitative estimate of drug-likeness (QED) is 0.873. The lowest BCUT2D eigenvalue weighted by Gasteiger charge is -2.11. The van der Waals surface area contributed by atoms with Gasteiger partial charge in [-0.1, -0.05) is 18.2 Å². The van der Waals surface area contributed by atoms with Gasteiger partial charge in [0, 0.05) is 6.54 Å². The van der Waals surface area contributed by atoms with E-state index >= 15 is 0 Å². The van der Waals surface area contributed by atoms with Crippen molar-refractivity contribution in [3.8, 4) is 0 Å². The third kappa shape index (κ3) is 5.05. The van der Waals surface area contributed by atoms with Crippen LogP contribution in [-0.4, -0.2) is 46.2 Å². The van der Waals surface area contributed by atoms with Gasteiger partial charge >= 0.3 is 6.18 Å². The number of aromatic nitrogens is 3. The Labute approximate surface area is 137 Å². The number of nitrogens with one attached hydrogen (secondary N) is 1.